The minimum absolute atomic E-state index is 0.0921. The van der Waals surface area contributed by atoms with E-state index in [0.717, 1.165) is 32.5 Å². The lowest BCUT2D eigenvalue weighted by Gasteiger charge is -2.36. The smallest absolute Gasteiger partial charge is 0.249 e. The van der Waals surface area contributed by atoms with E-state index < -0.39 is 0 Å². The van der Waals surface area contributed by atoms with Crippen molar-refractivity contribution in [1.82, 2.24) is 9.80 Å². The summed E-state index contributed by atoms with van der Waals surface area (Å²) >= 11 is 0. The third kappa shape index (κ3) is 4.10. The number of benzene rings is 1. The number of morpholine rings is 1. The highest BCUT2D eigenvalue weighted by Crippen LogP contribution is 2.23. The number of hydrogen-bond donors (Lipinski definition) is 0. The lowest BCUT2D eigenvalue weighted by Crippen LogP contribution is -2.54. The predicted molar refractivity (Wildman–Crippen MR) is 88.3 cm³/mol. The summed E-state index contributed by atoms with van der Waals surface area (Å²) in [5, 5.41) is 0. The second-order valence-electron chi connectivity index (χ2n) is 6.35. The molecule has 1 amide bonds. The third-order valence-corrected chi connectivity index (χ3v) is 4.77. The fourth-order valence-corrected chi connectivity index (χ4v) is 3.56. The van der Waals surface area contributed by atoms with Crippen LogP contribution in [0.25, 0.3) is 0 Å². The zero-order valence-corrected chi connectivity index (χ0v) is 13.8. The van der Waals surface area contributed by atoms with Gasteiger partial charge in [-0.25, -0.2) is 0 Å². The van der Waals surface area contributed by atoms with Crippen molar-refractivity contribution >= 4 is 5.91 Å². The molecule has 0 aromatic heterocycles. The Morgan fingerprint density at radius 3 is 2.83 bits per heavy atom. The topological polar surface area (TPSA) is 42.0 Å². The van der Waals surface area contributed by atoms with E-state index in [1.54, 1.807) is 7.11 Å². The molecule has 2 aliphatic heterocycles. The predicted octanol–water partition coefficient (Wildman–Crippen LogP) is 1.18. The van der Waals surface area contributed by atoms with Crippen LogP contribution < -0.4 is 0 Å². The van der Waals surface area contributed by atoms with Crippen molar-refractivity contribution in [2.24, 2.45) is 0 Å². The van der Waals surface area contributed by atoms with Gasteiger partial charge in [0.05, 0.1) is 18.8 Å². The average Bonchev–Trinajstić information content (AvgIpc) is 2.98. The fraction of sp³-hybridized carbons (Fsp3) is 0.611. The Hall–Kier alpha value is -1.43. The molecule has 0 radical (unpaired) electrons. The van der Waals surface area contributed by atoms with Gasteiger partial charge >= 0.3 is 0 Å². The number of carbonyl (C=O) groups is 1. The van der Waals surface area contributed by atoms with Crippen LogP contribution in [0.15, 0.2) is 30.3 Å². The first kappa shape index (κ1) is 16.4. The van der Waals surface area contributed by atoms with Crippen molar-refractivity contribution in [3.05, 3.63) is 35.9 Å². The molecule has 1 aromatic rings. The summed E-state index contributed by atoms with van der Waals surface area (Å²) in [5.41, 5.74) is 1.39. The largest absolute Gasteiger partial charge is 0.383 e. The number of ether oxygens (including phenoxy) is 2. The summed E-state index contributed by atoms with van der Waals surface area (Å²) in [6, 6.07) is 10.8. The van der Waals surface area contributed by atoms with Crippen molar-refractivity contribution in [1.29, 1.82) is 0 Å². The molecular weight excluding hydrogens is 292 g/mol. The van der Waals surface area contributed by atoms with Gasteiger partial charge in [0.1, 0.15) is 6.61 Å². The summed E-state index contributed by atoms with van der Waals surface area (Å²) in [7, 11) is 1.67. The van der Waals surface area contributed by atoms with Crippen LogP contribution in [-0.2, 0) is 20.7 Å². The number of hydrogen-bond acceptors (Lipinski definition) is 4. The molecule has 5 heteroatoms. The minimum atomic E-state index is 0.0921. The molecule has 0 saturated carbocycles. The molecule has 2 aliphatic rings. The fourth-order valence-electron chi connectivity index (χ4n) is 3.56. The molecule has 2 saturated heterocycles. The van der Waals surface area contributed by atoms with Crippen LogP contribution in [0.2, 0.25) is 0 Å². The Morgan fingerprint density at radius 2 is 2.04 bits per heavy atom. The van der Waals surface area contributed by atoms with Crippen molar-refractivity contribution in [2.75, 3.05) is 46.5 Å². The molecular formula is C18H26N2O3. The number of aryl methyl sites for hydroxylation is 1. The Labute approximate surface area is 138 Å². The normalized spacial score (nSPS) is 24.9. The molecule has 0 aliphatic carbocycles. The maximum Gasteiger partial charge on any atom is 0.249 e. The van der Waals surface area contributed by atoms with Gasteiger partial charge in [0.25, 0.3) is 0 Å². The molecule has 1 aromatic carbocycles. The highest BCUT2D eigenvalue weighted by Gasteiger charge is 2.42. The zero-order valence-electron chi connectivity index (χ0n) is 13.8. The Bertz CT molecular complexity index is 508. The number of likely N-dealkylation sites (tertiary alicyclic amines) is 1. The number of methoxy groups -OCH3 is 1. The Morgan fingerprint density at radius 1 is 1.22 bits per heavy atom. The number of nitrogens with zero attached hydrogens (tertiary/aromatic N) is 2. The first-order valence-corrected chi connectivity index (χ1v) is 8.44. The third-order valence-electron chi connectivity index (χ3n) is 4.77. The highest BCUT2D eigenvalue weighted by molar-refractivity contribution is 5.78. The highest BCUT2D eigenvalue weighted by atomic mass is 16.5. The van der Waals surface area contributed by atoms with Crippen molar-refractivity contribution in [2.45, 2.75) is 25.0 Å². The van der Waals surface area contributed by atoms with E-state index >= 15 is 0 Å². The van der Waals surface area contributed by atoms with Gasteiger partial charge in [-0.05, 0) is 24.9 Å². The van der Waals surface area contributed by atoms with Crippen LogP contribution in [0.4, 0.5) is 0 Å². The molecule has 3 rings (SSSR count). The summed E-state index contributed by atoms with van der Waals surface area (Å²) in [5.74, 6) is 0.0921. The van der Waals surface area contributed by atoms with Gasteiger partial charge in [-0.2, -0.15) is 0 Å². The number of rotatable bonds is 7. The molecule has 2 atom stereocenters. The summed E-state index contributed by atoms with van der Waals surface area (Å²) in [4.78, 5) is 16.5. The van der Waals surface area contributed by atoms with E-state index in [1.165, 1.54) is 5.56 Å². The number of carbonyl (C=O) groups excluding carboxylic acids is 1. The van der Waals surface area contributed by atoms with Crippen molar-refractivity contribution < 1.29 is 14.3 Å². The molecule has 0 spiro atoms. The second-order valence-corrected chi connectivity index (χ2v) is 6.35. The lowest BCUT2D eigenvalue weighted by atomic mass is 10.1. The van der Waals surface area contributed by atoms with Gasteiger partial charge in [0.15, 0.2) is 0 Å². The van der Waals surface area contributed by atoms with Gasteiger partial charge in [-0.1, -0.05) is 30.3 Å². The van der Waals surface area contributed by atoms with E-state index in [2.05, 4.69) is 35.2 Å². The Balaban J connectivity index is 1.49. The standard InChI is InChI=1S/C18H26N2O3/c1-22-11-10-20-16-12-19(13-17(16)23-14-18(20)21)9-5-8-15-6-3-2-4-7-15/h2-4,6-7,16-17H,5,8-14H2,1H3/t16-,17+/m1/s1. The zero-order chi connectivity index (χ0) is 16.1. The summed E-state index contributed by atoms with van der Waals surface area (Å²) in [6.45, 7) is 4.35. The van der Waals surface area contributed by atoms with E-state index in [1.807, 2.05) is 4.90 Å². The van der Waals surface area contributed by atoms with Crippen LogP contribution in [-0.4, -0.2) is 74.4 Å². The quantitative estimate of drug-likeness (QED) is 0.757. The summed E-state index contributed by atoms with van der Waals surface area (Å²) in [6.07, 6.45) is 2.39. The maximum atomic E-state index is 12.1. The lowest BCUT2D eigenvalue weighted by molar-refractivity contribution is -0.153. The van der Waals surface area contributed by atoms with Crippen LogP contribution in [0, 0.1) is 0 Å². The summed E-state index contributed by atoms with van der Waals surface area (Å²) < 4.78 is 10.9. The molecule has 0 unspecified atom stereocenters. The average molecular weight is 318 g/mol. The molecule has 2 fully saturated rings. The van der Waals surface area contributed by atoms with E-state index in [4.69, 9.17) is 9.47 Å². The van der Waals surface area contributed by atoms with E-state index in [9.17, 15) is 4.79 Å². The van der Waals surface area contributed by atoms with Gasteiger partial charge < -0.3 is 14.4 Å². The molecule has 2 heterocycles. The molecule has 126 valence electrons. The monoisotopic (exact) mass is 318 g/mol. The van der Waals surface area contributed by atoms with Crippen molar-refractivity contribution in [3.8, 4) is 0 Å². The maximum absolute atomic E-state index is 12.1. The van der Waals surface area contributed by atoms with Crippen LogP contribution in [0.5, 0.6) is 0 Å². The van der Waals surface area contributed by atoms with Crippen LogP contribution in [0.1, 0.15) is 12.0 Å². The first-order chi connectivity index (χ1) is 11.3. The number of amides is 1. The van der Waals surface area contributed by atoms with E-state index in [-0.39, 0.29) is 24.7 Å². The van der Waals surface area contributed by atoms with E-state index in [0.29, 0.717) is 13.2 Å². The molecule has 23 heavy (non-hydrogen) atoms. The second kappa shape index (κ2) is 7.90. The van der Waals surface area contributed by atoms with Gasteiger partial charge in [0.2, 0.25) is 5.91 Å². The minimum Gasteiger partial charge on any atom is -0.383 e. The van der Waals surface area contributed by atoms with Gasteiger partial charge in [0, 0.05) is 26.7 Å². The van der Waals surface area contributed by atoms with Gasteiger partial charge in [-0.15, -0.1) is 0 Å². The molecule has 0 bridgehead atoms. The number of fused-ring (bicyclic) bond motifs is 1. The van der Waals surface area contributed by atoms with Gasteiger partial charge in [-0.3, -0.25) is 9.69 Å². The van der Waals surface area contributed by atoms with Crippen molar-refractivity contribution in [3.63, 3.8) is 0 Å². The van der Waals surface area contributed by atoms with Crippen LogP contribution >= 0.6 is 0 Å². The first-order valence-electron chi connectivity index (χ1n) is 8.44. The molecule has 0 N–H and O–H groups in total. The molecule has 5 nitrogen and oxygen atoms in total. The van der Waals surface area contributed by atoms with Crippen LogP contribution in [0.3, 0.4) is 0 Å². The SMILES string of the molecule is COCCN1C(=O)CO[C@H]2CN(CCCc3ccccc3)C[C@H]21. The Kier molecular flexibility index (Phi) is 5.65.